The van der Waals surface area contributed by atoms with Gasteiger partial charge in [-0.15, -0.1) is 0 Å². The normalized spacial score (nSPS) is 16.4. The van der Waals surface area contributed by atoms with Crippen LogP contribution < -0.4 is 10.5 Å². The van der Waals surface area contributed by atoms with Gasteiger partial charge < -0.3 is 5.73 Å². The van der Waals surface area contributed by atoms with Gasteiger partial charge in [-0.3, -0.25) is 5.41 Å². The van der Waals surface area contributed by atoms with Crippen molar-refractivity contribution < 1.29 is 12.8 Å². The Bertz CT molecular complexity index is 612. The van der Waals surface area contributed by atoms with Gasteiger partial charge >= 0.3 is 0 Å². The quantitative estimate of drug-likeness (QED) is 0.546. The van der Waals surface area contributed by atoms with Crippen molar-refractivity contribution in [1.82, 2.24) is 9.03 Å². The van der Waals surface area contributed by atoms with Gasteiger partial charge in [0.05, 0.1) is 0 Å². The summed E-state index contributed by atoms with van der Waals surface area (Å²) in [6.07, 6.45) is 1.70. The number of nitrogens with two attached hydrogens (primary N) is 1. The zero-order valence-electron chi connectivity index (χ0n) is 10.9. The number of nitrogen functional groups attached to an aromatic ring is 1. The molecule has 0 atom stereocenters. The van der Waals surface area contributed by atoms with E-state index in [2.05, 4.69) is 4.72 Å². The molecule has 1 aromatic carbocycles. The molecule has 1 heterocycles. The van der Waals surface area contributed by atoms with E-state index in [0.29, 0.717) is 13.1 Å². The predicted octanol–water partition coefficient (Wildman–Crippen LogP) is 0.540. The Morgan fingerprint density at radius 1 is 1.40 bits per heavy atom. The van der Waals surface area contributed by atoms with Gasteiger partial charge in [0.15, 0.2) is 0 Å². The molecule has 0 radical (unpaired) electrons. The molecular weight excluding hydrogens is 283 g/mol. The second-order valence-corrected chi connectivity index (χ2v) is 6.41. The summed E-state index contributed by atoms with van der Waals surface area (Å²) < 4.78 is 41.4. The van der Waals surface area contributed by atoms with Crippen LogP contribution >= 0.6 is 0 Å². The summed E-state index contributed by atoms with van der Waals surface area (Å²) in [5, 5.41) is 7.21. The molecule has 6 nitrogen and oxygen atoms in total. The van der Waals surface area contributed by atoms with Crippen LogP contribution in [0.3, 0.4) is 0 Å². The summed E-state index contributed by atoms with van der Waals surface area (Å²) >= 11 is 0. The number of halogens is 1. The monoisotopic (exact) mass is 300 g/mol. The maximum absolute atomic E-state index is 13.8. The molecule has 4 N–H and O–H groups in total. The van der Waals surface area contributed by atoms with Crippen LogP contribution in [-0.2, 0) is 16.8 Å². The van der Waals surface area contributed by atoms with Gasteiger partial charge in [-0.2, -0.15) is 17.4 Å². The highest BCUT2D eigenvalue weighted by atomic mass is 32.2. The van der Waals surface area contributed by atoms with Gasteiger partial charge in [0.2, 0.25) is 0 Å². The van der Waals surface area contributed by atoms with Crippen molar-refractivity contribution >= 4 is 16.0 Å². The third-order valence-electron chi connectivity index (χ3n) is 3.21. The largest absolute Gasteiger partial charge is 0.384 e. The number of amidine groups is 1. The van der Waals surface area contributed by atoms with Crippen molar-refractivity contribution in [2.24, 2.45) is 5.73 Å². The van der Waals surface area contributed by atoms with E-state index in [1.165, 1.54) is 16.4 Å². The Hall–Kier alpha value is -1.51. The second kappa shape index (κ2) is 5.86. The number of hydrogen-bond acceptors (Lipinski definition) is 3. The molecular formula is C12H17FN4O2S. The van der Waals surface area contributed by atoms with E-state index >= 15 is 0 Å². The maximum atomic E-state index is 13.8. The molecule has 8 heteroatoms. The SMILES string of the molecule is N=C(N)c1ccc(CNS(=O)(=O)N2CCCC2)c(F)c1. The predicted molar refractivity (Wildman–Crippen MR) is 74.0 cm³/mol. The molecule has 0 aromatic heterocycles. The smallest absolute Gasteiger partial charge is 0.279 e. The van der Waals surface area contributed by atoms with Gasteiger partial charge in [-0.25, -0.2) is 4.39 Å². The zero-order chi connectivity index (χ0) is 14.8. The molecule has 1 aliphatic heterocycles. The van der Waals surface area contributed by atoms with E-state index in [1.807, 2.05) is 0 Å². The van der Waals surface area contributed by atoms with Crippen LogP contribution in [0.5, 0.6) is 0 Å². The van der Waals surface area contributed by atoms with Crippen LogP contribution in [-0.4, -0.2) is 31.6 Å². The van der Waals surface area contributed by atoms with E-state index in [9.17, 15) is 12.8 Å². The van der Waals surface area contributed by atoms with Crippen LogP contribution in [0, 0.1) is 11.2 Å². The van der Waals surface area contributed by atoms with E-state index < -0.39 is 16.0 Å². The minimum absolute atomic E-state index is 0.122. The van der Waals surface area contributed by atoms with Gasteiger partial charge in [0.25, 0.3) is 10.2 Å². The maximum Gasteiger partial charge on any atom is 0.279 e. The molecule has 0 unspecified atom stereocenters. The molecule has 110 valence electrons. The number of hydrogen-bond donors (Lipinski definition) is 3. The van der Waals surface area contributed by atoms with Crippen molar-refractivity contribution in [2.45, 2.75) is 19.4 Å². The van der Waals surface area contributed by atoms with Gasteiger partial charge in [0, 0.05) is 30.8 Å². The van der Waals surface area contributed by atoms with E-state index in [-0.39, 0.29) is 23.5 Å². The van der Waals surface area contributed by atoms with Crippen LogP contribution in [0.25, 0.3) is 0 Å². The average molecular weight is 300 g/mol. The lowest BCUT2D eigenvalue weighted by molar-refractivity contribution is 0.463. The minimum Gasteiger partial charge on any atom is -0.384 e. The Morgan fingerprint density at radius 2 is 2.05 bits per heavy atom. The average Bonchev–Trinajstić information content (AvgIpc) is 2.91. The highest BCUT2D eigenvalue weighted by molar-refractivity contribution is 7.87. The first-order chi connectivity index (χ1) is 9.40. The molecule has 1 fully saturated rings. The number of benzene rings is 1. The summed E-state index contributed by atoms with van der Waals surface area (Å²) in [5.41, 5.74) is 5.75. The third-order valence-corrected chi connectivity index (χ3v) is 4.77. The lowest BCUT2D eigenvalue weighted by Crippen LogP contribution is -2.38. The minimum atomic E-state index is -3.55. The van der Waals surface area contributed by atoms with Crippen molar-refractivity contribution in [3.05, 3.63) is 35.1 Å². The van der Waals surface area contributed by atoms with E-state index in [4.69, 9.17) is 11.1 Å². The third kappa shape index (κ3) is 3.33. The van der Waals surface area contributed by atoms with Crippen LogP contribution in [0.2, 0.25) is 0 Å². The molecule has 1 aromatic rings. The summed E-state index contributed by atoms with van der Waals surface area (Å²) in [5.74, 6) is -0.810. The van der Waals surface area contributed by atoms with Crippen molar-refractivity contribution in [1.29, 1.82) is 5.41 Å². The van der Waals surface area contributed by atoms with Crippen LogP contribution in [0.1, 0.15) is 24.0 Å². The lowest BCUT2D eigenvalue weighted by atomic mass is 10.1. The Labute approximate surface area is 117 Å². The second-order valence-electron chi connectivity index (χ2n) is 4.65. The fourth-order valence-electron chi connectivity index (χ4n) is 2.05. The number of nitrogens with one attached hydrogen (secondary N) is 2. The van der Waals surface area contributed by atoms with Gasteiger partial charge in [-0.1, -0.05) is 12.1 Å². The molecule has 0 bridgehead atoms. The standard InChI is InChI=1S/C12H17FN4O2S/c13-11-7-9(12(14)15)3-4-10(11)8-16-20(18,19)17-5-1-2-6-17/h3-4,7,16H,1-2,5-6,8H2,(H3,14,15). The van der Waals surface area contributed by atoms with Crippen molar-refractivity contribution in [3.63, 3.8) is 0 Å². The fraction of sp³-hybridized carbons (Fsp3) is 0.417. The van der Waals surface area contributed by atoms with Crippen molar-refractivity contribution in [3.8, 4) is 0 Å². The Balaban J connectivity index is 2.05. The van der Waals surface area contributed by atoms with Crippen molar-refractivity contribution in [2.75, 3.05) is 13.1 Å². The first kappa shape index (κ1) is 14.9. The zero-order valence-corrected chi connectivity index (χ0v) is 11.7. The highest BCUT2D eigenvalue weighted by Crippen LogP contribution is 2.14. The summed E-state index contributed by atoms with van der Waals surface area (Å²) in [6, 6.07) is 4.05. The van der Waals surface area contributed by atoms with Crippen LogP contribution in [0.15, 0.2) is 18.2 Å². The first-order valence-electron chi connectivity index (χ1n) is 6.28. The fourth-order valence-corrected chi connectivity index (χ4v) is 3.31. The highest BCUT2D eigenvalue weighted by Gasteiger charge is 2.24. The van der Waals surface area contributed by atoms with Crippen LogP contribution in [0.4, 0.5) is 4.39 Å². The Morgan fingerprint density at radius 3 is 2.60 bits per heavy atom. The molecule has 0 spiro atoms. The molecule has 0 amide bonds. The molecule has 2 rings (SSSR count). The van der Waals surface area contributed by atoms with E-state index in [1.54, 1.807) is 0 Å². The Kier molecular flexibility index (Phi) is 4.36. The van der Waals surface area contributed by atoms with Gasteiger partial charge in [-0.05, 0) is 18.9 Å². The summed E-state index contributed by atoms with van der Waals surface area (Å²) in [6.45, 7) is 0.880. The molecule has 1 aliphatic rings. The summed E-state index contributed by atoms with van der Waals surface area (Å²) in [4.78, 5) is 0. The molecule has 20 heavy (non-hydrogen) atoms. The molecule has 0 saturated carbocycles. The van der Waals surface area contributed by atoms with E-state index in [0.717, 1.165) is 18.9 Å². The summed E-state index contributed by atoms with van der Waals surface area (Å²) in [7, 11) is -3.55. The molecule has 0 aliphatic carbocycles. The number of rotatable bonds is 5. The first-order valence-corrected chi connectivity index (χ1v) is 7.72. The van der Waals surface area contributed by atoms with Gasteiger partial charge in [0.1, 0.15) is 11.7 Å². The number of nitrogens with zero attached hydrogens (tertiary/aromatic N) is 1. The topological polar surface area (TPSA) is 99.3 Å². The lowest BCUT2D eigenvalue weighted by Gasteiger charge is -2.16. The molecule has 1 saturated heterocycles.